The second kappa shape index (κ2) is 9.63. The molecule has 0 atom stereocenters. The van der Waals surface area contributed by atoms with Crippen molar-refractivity contribution in [2.24, 2.45) is 0 Å². The van der Waals surface area contributed by atoms with Gasteiger partial charge in [-0.3, -0.25) is 9.78 Å². The maximum Gasteiger partial charge on any atom is 0.255 e. The molecule has 5 rings (SSSR count). The van der Waals surface area contributed by atoms with E-state index in [-0.39, 0.29) is 24.5 Å². The first kappa shape index (κ1) is 23.8. The molecule has 0 saturated carbocycles. The molecule has 4 aromatic rings. The quantitative estimate of drug-likeness (QED) is 0.424. The van der Waals surface area contributed by atoms with Crippen LogP contribution in [0.5, 0.6) is 5.88 Å². The first-order chi connectivity index (χ1) is 17.3. The fourth-order valence-corrected chi connectivity index (χ4v) is 4.06. The SMILES string of the molecule is CC(C)(C)c1c(OCc2ccc(C(=O)N3CCOCC3)cn2)nn2c(-c3cc(CO)on3)nncc12. The monoisotopic (exact) mass is 493 g/mol. The van der Waals surface area contributed by atoms with E-state index in [1.807, 2.05) is 0 Å². The third kappa shape index (κ3) is 4.64. The molecule has 1 aliphatic heterocycles. The molecule has 0 radical (unpaired) electrons. The molecule has 12 nitrogen and oxygen atoms in total. The van der Waals surface area contributed by atoms with E-state index in [1.54, 1.807) is 40.0 Å². The number of hydrogen-bond acceptors (Lipinski definition) is 10. The summed E-state index contributed by atoms with van der Waals surface area (Å²) in [5.41, 5.74) is 2.83. The van der Waals surface area contributed by atoms with Crippen molar-refractivity contribution in [3.05, 3.63) is 53.2 Å². The van der Waals surface area contributed by atoms with E-state index < -0.39 is 0 Å². The average molecular weight is 494 g/mol. The molecule has 188 valence electrons. The minimum Gasteiger partial charge on any atom is -0.470 e. The summed E-state index contributed by atoms with van der Waals surface area (Å²) in [4.78, 5) is 18.9. The number of aliphatic hydroxyl groups is 1. The van der Waals surface area contributed by atoms with Crippen LogP contribution in [0.4, 0.5) is 0 Å². The molecule has 1 saturated heterocycles. The van der Waals surface area contributed by atoms with Gasteiger partial charge >= 0.3 is 0 Å². The van der Waals surface area contributed by atoms with E-state index in [0.717, 1.165) is 11.1 Å². The molecule has 1 N–H and O–H groups in total. The largest absolute Gasteiger partial charge is 0.470 e. The zero-order valence-corrected chi connectivity index (χ0v) is 20.3. The van der Waals surface area contributed by atoms with Crippen molar-refractivity contribution in [1.82, 2.24) is 34.9 Å². The third-order valence-corrected chi connectivity index (χ3v) is 5.84. The predicted octanol–water partition coefficient (Wildman–Crippen LogP) is 2.02. The van der Waals surface area contributed by atoms with Crippen molar-refractivity contribution < 1.29 is 23.9 Å². The van der Waals surface area contributed by atoms with Gasteiger partial charge in [-0.1, -0.05) is 25.9 Å². The number of rotatable bonds is 6. The Morgan fingerprint density at radius 1 is 1.19 bits per heavy atom. The summed E-state index contributed by atoms with van der Waals surface area (Å²) in [6.07, 6.45) is 3.20. The lowest BCUT2D eigenvalue weighted by atomic mass is 9.88. The minimum absolute atomic E-state index is 0.0571. The highest BCUT2D eigenvalue weighted by Gasteiger charge is 2.28. The number of morpholine rings is 1. The van der Waals surface area contributed by atoms with Crippen molar-refractivity contribution in [1.29, 1.82) is 0 Å². The third-order valence-electron chi connectivity index (χ3n) is 5.84. The number of aromatic nitrogens is 6. The smallest absolute Gasteiger partial charge is 0.255 e. The number of pyridine rings is 1. The topological polar surface area (TPSA) is 141 Å². The maximum atomic E-state index is 12.7. The molecular formula is C24H27N7O5. The molecule has 5 heterocycles. The molecule has 4 aromatic heterocycles. The Kier molecular flexibility index (Phi) is 6.37. The lowest BCUT2D eigenvalue weighted by Crippen LogP contribution is -2.40. The van der Waals surface area contributed by atoms with Crippen LogP contribution in [0.1, 0.15) is 48.1 Å². The molecule has 0 aliphatic carbocycles. The fourth-order valence-electron chi connectivity index (χ4n) is 4.06. The Hall–Kier alpha value is -3.90. The van der Waals surface area contributed by atoms with Gasteiger partial charge in [0.05, 0.1) is 36.2 Å². The number of amides is 1. The van der Waals surface area contributed by atoms with Crippen LogP contribution in [0, 0.1) is 0 Å². The summed E-state index contributed by atoms with van der Waals surface area (Å²) < 4.78 is 18.2. The number of carbonyl (C=O) groups is 1. The van der Waals surface area contributed by atoms with Crippen molar-refractivity contribution in [2.75, 3.05) is 26.3 Å². The molecule has 1 aliphatic rings. The molecular weight excluding hydrogens is 466 g/mol. The van der Waals surface area contributed by atoms with Crippen molar-refractivity contribution in [3.8, 4) is 17.4 Å². The number of ether oxygens (including phenoxy) is 2. The van der Waals surface area contributed by atoms with Gasteiger partial charge in [0.1, 0.15) is 13.2 Å². The van der Waals surface area contributed by atoms with Crippen LogP contribution in [0.15, 0.2) is 35.1 Å². The Bertz CT molecular complexity index is 1370. The highest BCUT2D eigenvalue weighted by molar-refractivity contribution is 5.94. The summed E-state index contributed by atoms with van der Waals surface area (Å²) in [7, 11) is 0. The van der Waals surface area contributed by atoms with Crippen LogP contribution in [-0.2, 0) is 23.4 Å². The van der Waals surface area contributed by atoms with Gasteiger partial charge < -0.3 is 24.0 Å². The van der Waals surface area contributed by atoms with E-state index in [1.165, 1.54) is 0 Å². The van der Waals surface area contributed by atoms with Gasteiger partial charge in [-0.25, -0.2) is 4.52 Å². The first-order valence-electron chi connectivity index (χ1n) is 11.6. The van der Waals surface area contributed by atoms with E-state index >= 15 is 0 Å². The Labute approximate surface area is 206 Å². The van der Waals surface area contributed by atoms with Crippen molar-refractivity contribution in [3.63, 3.8) is 0 Å². The lowest BCUT2D eigenvalue weighted by Gasteiger charge is -2.26. The number of fused-ring (bicyclic) bond motifs is 1. The van der Waals surface area contributed by atoms with Gasteiger partial charge in [0.2, 0.25) is 11.7 Å². The minimum atomic E-state index is -0.320. The summed E-state index contributed by atoms with van der Waals surface area (Å²) in [5, 5.41) is 26.3. The number of carbonyl (C=O) groups excluding carboxylic acids is 1. The van der Waals surface area contributed by atoms with Crippen LogP contribution in [0.25, 0.3) is 17.0 Å². The molecule has 0 bridgehead atoms. The maximum absolute atomic E-state index is 12.7. The van der Waals surface area contributed by atoms with Gasteiger partial charge in [-0.15, -0.1) is 10.2 Å². The predicted molar refractivity (Wildman–Crippen MR) is 126 cm³/mol. The normalized spacial score (nSPS) is 14.4. The van der Waals surface area contributed by atoms with E-state index in [2.05, 4.69) is 46.2 Å². The number of aliphatic hydroxyl groups excluding tert-OH is 1. The second-order valence-electron chi connectivity index (χ2n) is 9.46. The standard InChI is InChI=1S/C24H27N7O5/c1-24(2,3)20-19-12-26-27-21(18-10-17(13-32)36-29-18)31(19)28-22(20)35-14-16-5-4-15(11-25-16)23(33)30-6-8-34-9-7-30/h4-5,10-12,32H,6-9,13-14H2,1-3H3. The van der Waals surface area contributed by atoms with Crippen LogP contribution < -0.4 is 4.74 Å². The molecule has 1 amide bonds. The Morgan fingerprint density at radius 2 is 2.00 bits per heavy atom. The lowest BCUT2D eigenvalue weighted by molar-refractivity contribution is 0.0302. The zero-order chi connectivity index (χ0) is 25.3. The van der Waals surface area contributed by atoms with Gasteiger partial charge in [0.15, 0.2) is 11.5 Å². The molecule has 0 unspecified atom stereocenters. The van der Waals surface area contributed by atoms with Gasteiger partial charge in [-0.2, -0.15) is 5.10 Å². The number of hydrogen-bond donors (Lipinski definition) is 1. The highest BCUT2D eigenvalue weighted by Crippen LogP contribution is 2.36. The zero-order valence-electron chi connectivity index (χ0n) is 20.3. The molecule has 0 aromatic carbocycles. The highest BCUT2D eigenvalue weighted by atomic mass is 16.5. The summed E-state index contributed by atoms with van der Waals surface area (Å²) in [6.45, 7) is 8.31. The molecule has 1 fully saturated rings. The van der Waals surface area contributed by atoms with Gasteiger partial charge in [-0.05, 0) is 17.5 Å². The van der Waals surface area contributed by atoms with Crippen LogP contribution in [0.2, 0.25) is 0 Å². The van der Waals surface area contributed by atoms with Gasteiger partial charge in [0.25, 0.3) is 5.91 Å². The van der Waals surface area contributed by atoms with Crippen molar-refractivity contribution >= 4 is 11.4 Å². The summed E-state index contributed by atoms with van der Waals surface area (Å²) in [5.74, 6) is 1.03. The molecule has 36 heavy (non-hydrogen) atoms. The van der Waals surface area contributed by atoms with E-state index in [0.29, 0.717) is 60.7 Å². The Morgan fingerprint density at radius 3 is 2.67 bits per heavy atom. The van der Waals surface area contributed by atoms with Gasteiger partial charge in [0, 0.05) is 30.9 Å². The Balaban J connectivity index is 1.40. The first-order valence-corrected chi connectivity index (χ1v) is 11.6. The molecule has 0 spiro atoms. The average Bonchev–Trinajstić information content (AvgIpc) is 3.52. The van der Waals surface area contributed by atoms with Crippen LogP contribution in [0.3, 0.4) is 0 Å². The van der Waals surface area contributed by atoms with E-state index in [4.69, 9.17) is 14.0 Å². The summed E-state index contributed by atoms with van der Waals surface area (Å²) in [6, 6.07) is 5.12. The van der Waals surface area contributed by atoms with Crippen LogP contribution in [-0.4, -0.2) is 72.2 Å². The van der Waals surface area contributed by atoms with E-state index in [9.17, 15) is 9.90 Å². The van der Waals surface area contributed by atoms with Crippen LogP contribution >= 0.6 is 0 Å². The molecule has 12 heteroatoms. The number of nitrogens with zero attached hydrogens (tertiary/aromatic N) is 7. The summed E-state index contributed by atoms with van der Waals surface area (Å²) >= 11 is 0. The second-order valence-corrected chi connectivity index (χ2v) is 9.46. The van der Waals surface area contributed by atoms with Crippen molar-refractivity contribution in [2.45, 2.75) is 39.4 Å². The fraction of sp³-hybridized carbons (Fsp3) is 0.417.